The summed E-state index contributed by atoms with van der Waals surface area (Å²) >= 11 is 0. The van der Waals surface area contributed by atoms with Crippen LogP contribution in [0.3, 0.4) is 0 Å². The monoisotopic (exact) mass is 369 g/mol. The van der Waals surface area contributed by atoms with Gasteiger partial charge in [-0.15, -0.1) is 0 Å². The normalized spacial score (nSPS) is 14.2. The molecule has 2 N–H and O–H groups in total. The van der Waals surface area contributed by atoms with Crippen LogP contribution in [0.5, 0.6) is 0 Å². The molecule has 0 aliphatic carbocycles. The SMILES string of the molecule is CCCN(COC)c1ccc(N/C=C2/C(=O)Nc3cccc(C)c32)cc1F. The summed E-state index contributed by atoms with van der Waals surface area (Å²) in [6, 6.07) is 10.7. The lowest BCUT2D eigenvalue weighted by molar-refractivity contribution is -0.110. The molecule has 27 heavy (non-hydrogen) atoms. The summed E-state index contributed by atoms with van der Waals surface area (Å²) in [6.07, 6.45) is 2.52. The van der Waals surface area contributed by atoms with Crippen molar-refractivity contribution in [3.8, 4) is 0 Å². The molecule has 2 aromatic rings. The maximum Gasteiger partial charge on any atom is 0.257 e. The Bertz CT molecular complexity index is 874. The number of amides is 1. The first-order chi connectivity index (χ1) is 13.0. The van der Waals surface area contributed by atoms with Crippen molar-refractivity contribution in [2.75, 3.05) is 35.9 Å². The van der Waals surface area contributed by atoms with Crippen molar-refractivity contribution in [3.63, 3.8) is 0 Å². The fourth-order valence-electron chi connectivity index (χ4n) is 3.26. The highest BCUT2D eigenvalue weighted by atomic mass is 19.1. The molecule has 0 atom stereocenters. The highest BCUT2D eigenvalue weighted by Gasteiger charge is 2.25. The minimum Gasteiger partial charge on any atom is -0.364 e. The first-order valence-corrected chi connectivity index (χ1v) is 8.96. The summed E-state index contributed by atoms with van der Waals surface area (Å²) in [5.41, 5.74) is 4.30. The quantitative estimate of drug-likeness (QED) is 0.562. The molecule has 0 aromatic heterocycles. The fourth-order valence-corrected chi connectivity index (χ4v) is 3.26. The lowest BCUT2D eigenvalue weighted by atomic mass is 10.0. The van der Waals surface area contributed by atoms with Crippen LogP contribution in [0.2, 0.25) is 0 Å². The van der Waals surface area contributed by atoms with Gasteiger partial charge in [0.05, 0.1) is 11.3 Å². The Hall–Kier alpha value is -2.86. The second-order valence-corrected chi connectivity index (χ2v) is 6.50. The molecule has 0 unspecified atom stereocenters. The van der Waals surface area contributed by atoms with E-state index < -0.39 is 0 Å². The summed E-state index contributed by atoms with van der Waals surface area (Å²) < 4.78 is 19.7. The van der Waals surface area contributed by atoms with E-state index in [2.05, 4.69) is 10.6 Å². The van der Waals surface area contributed by atoms with Crippen LogP contribution in [0.1, 0.15) is 24.5 Å². The van der Waals surface area contributed by atoms with Crippen LogP contribution >= 0.6 is 0 Å². The highest BCUT2D eigenvalue weighted by Crippen LogP contribution is 2.34. The molecule has 3 rings (SSSR count). The van der Waals surface area contributed by atoms with Gasteiger partial charge in [-0.1, -0.05) is 19.1 Å². The molecule has 1 aliphatic heterocycles. The number of carbonyl (C=O) groups excluding carboxylic acids is 1. The summed E-state index contributed by atoms with van der Waals surface area (Å²) in [7, 11) is 1.59. The van der Waals surface area contributed by atoms with E-state index in [9.17, 15) is 9.18 Å². The number of hydrogen-bond donors (Lipinski definition) is 2. The van der Waals surface area contributed by atoms with Crippen molar-refractivity contribution in [2.45, 2.75) is 20.3 Å². The number of nitrogens with zero attached hydrogens (tertiary/aromatic N) is 1. The van der Waals surface area contributed by atoms with Gasteiger partial charge in [0.2, 0.25) is 0 Å². The predicted octanol–water partition coefficient (Wildman–Crippen LogP) is 4.36. The number of aryl methyl sites for hydroxylation is 1. The number of hydrogen-bond acceptors (Lipinski definition) is 4. The van der Waals surface area contributed by atoms with Crippen molar-refractivity contribution in [2.24, 2.45) is 0 Å². The van der Waals surface area contributed by atoms with Gasteiger partial charge < -0.3 is 20.3 Å². The summed E-state index contributed by atoms with van der Waals surface area (Å²) in [5.74, 6) is -0.505. The minimum absolute atomic E-state index is 0.168. The number of fused-ring (bicyclic) bond motifs is 1. The fraction of sp³-hybridized carbons (Fsp3) is 0.286. The molecule has 0 saturated carbocycles. The molecular weight excluding hydrogens is 345 g/mol. The molecule has 1 heterocycles. The van der Waals surface area contributed by atoms with Crippen LogP contribution in [-0.4, -0.2) is 26.3 Å². The largest absolute Gasteiger partial charge is 0.364 e. The molecule has 2 aromatic carbocycles. The first-order valence-electron chi connectivity index (χ1n) is 8.96. The Morgan fingerprint density at radius 3 is 2.81 bits per heavy atom. The molecule has 6 heteroatoms. The van der Waals surface area contributed by atoms with E-state index in [0.29, 0.717) is 30.2 Å². The zero-order valence-corrected chi connectivity index (χ0v) is 15.8. The molecule has 1 amide bonds. The number of anilines is 3. The smallest absolute Gasteiger partial charge is 0.257 e. The van der Waals surface area contributed by atoms with Crippen LogP contribution in [0.4, 0.5) is 21.5 Å². The van der Waals surface area contributed by atoms with Gasteiger partial charge in [-0.3, -0.25) is 4.79 Å². The molecule has 1 aliphatic rings. The van der Waals surface area contributed by atoms with Crippen LogP contribution in [0, 0.1) is 12.7 Å². The summed E-state index contributed by atoms with van der Waals surface area (Å²) in [6.45, 7) is 5.03. The molecule has 0 fully saturated rings. The third-order valence-corrected chi connectivity index (χ3v) is 4.48. The number of halogens is 1. The van der Waals surface area contributed by atoms with Gasteiger partial charge in [0.1, 0.15) is 12.5 Å². The Morgan fingerprint density at radius 1 is 1.30 bits per heavy atom. The lowest BCUT2D eigenvalue weighted by Gasteiger charge is -2.24. The van der Waals surface area contributed by atoms with Crippen molar-refractivity contribution < 1.29 is 13.9 Å². The summed E-state index contributed by atoms with van der Waals surface area (Å²) in [5, 5.41) is 5.89. The van der Waals surface area contributed by atoms with E-state index in [1.807, 2.05) is 36.9 Å². The predicted molar refractivity (Wildman–Crippen MR) is 107 cm³/mol. The number of carbonyl (C=O) groups is 1. The number of benzene rings is 2. The third-order valence-electron chi connectivity index (χ3n) is 4.48. The van der Waals surface area contributed by atoms with Gasteiger partial charge in [-0.05, 0) is 43.2 Å². The Labute approximate surface area is 158 Å². The van der Waals surface area contributed by atoms with Gasteiger partial charge >= 0.3 is 0 Å². The standard InChI is InChI=1S/C21H24FN3O2/c1-4-10-25(13-27-3)19-9-8-15(11-17(19)22)23-12-16-20-14(2)6-5-7-18(20)24-21(16)26/h5-9,11-12,23H,4,10,13H2,1-3H3,(H,24,26)/b16-12+. The van der Waals surface area contributed by atoms with E-state index in [1.165, 1.54) is 6.07 Å². The number of ether oxygens (including phenoxy) is 1. The molecule has 0 spiro atoms. The topological polar surface area (TPSA) is 53.6 Å². The minimum atomic E-state index is -0.337. The van der Waals surface area contributed by atoms with E-state index in [-0.39, 0.29) is 11.7 Å². The Kier molecular flexibility index (Phi) is 5.76. The van der Waals surface area contributed by atoms with E-state index >= 15 is 0 Å². The molecule has 0 saturated heterocycles. The molecule has 5 nitrogen and oxygen atoms in total. The van der Waals surface area contributed by atoms with E-state index in [0.717, 1.165) is 23.2 Å². The molecular formula is C21H24FN3O2. The zero-order valence-electron chi connectivity index (χ0n) is 15.8. The van der Waals surface area contributed by atoms with Gasteiger partial charge in [0.25, 0.3) is 5.91 Å². The Balaban J connectivity index is 1.82. The van der Waals surface area contributed by atoms with Crippen LogP contribution in [0.15, 0.2) is 42.6 Å². The molecule has 142 valence electrons. The number of methoxy groups -OCH3 is 1. The van der Waals surface area contributed by atoms with Crippen molar-refractivity contribution in [1.82, 2.24) is 0 Å². The van der Waals surface area contributed by atoms with Gasteiger partial charge in [0, 0.05) is 36.8 Å². The average molecular weight is 369 g/mol. The van der Waals surface area contributed by atoms with Crippen molar-refractivity contribution in [1.29, 1.82) is 0 Å². The highest BCUT2D eigenvalue weighted by molar-refractivity contribution is 6.32. The second kappa shape index (κ2) is 8.22. The summed E-state index contributed by atoms with van der Waals surface area (Å²) in [4.78, 5) is 14.1. The average Bonchev–Trinajstić information content (AvgIpc) is 2.96. The van der Waals surface area contributed by atoms with Crippen LogP contribution < -0.4 is 15.5 Å². The molecule has 0 radical (unpaired) electrons. The Morgan fingerprint density at radius 2 is 2.11 bits per heavy atom. The van der Waals surface area contributed by atoms with E-state index in [4.69, 9.17) is 4.74 Å². The molecule has 0 bridgehead atoms. The van der Waals surface area contributed by atoms with Gasteiger partial charge in [0.15, 0.2) is 0 Å². The lowest BCUT2D eigenvalue weighted by Crippen LogP contribution is -2.27. The van der Waals surface area contributed by atoms with Gasteiger partial charge in [-0.2, -0.15) is 0 Å². The second-order valence-electron chi connectivity index (χ2n) is 6.50. The third kappa shape index (κ3) is 3.95. The maximum absolute atomic E-state index is 14.6. The van der Waals surface area contributed by atoms with Crippen molar-refractivity contribution >= 4 is 28.5 Å². The first kappa shape index (κ1) is 18.9. The number of rotatable bonds is 7. The van der Waals surface area contributed by atoms with Crippen molar-refractivity contribution in [3.05, 3.63) is 59.5 Å². The maximum atomic E-state index is 14.6. The van der Waals surface area contributed by atoms with Crippen LogP contribution in [-0.2, 0) is 9.53 Å². The van der Waals surface area contributed by atoms with Crippen LogP contribution in [0.25, 0.3) is 5.57 Å². The number of nitrogens with one attached hydrogen (secondary N) is 2. The van der Waals surface area contributed by atoms with E-state index in [1.54, 1.807) is 25.4 Å². The van der Waals surface area contributed by atoms with Gasteiger partial charge in [-0.25, -0.2) is 4.39 Å². The zero-order chi connectivity index (χ0) is 19.4.